The molecule has 2 heteroatoms. The lowest BCUT2D eigenvalue weighted by molar-refractivity contribution is 0.124. The zero-order valence-corrected chi connectivity index (χ0v) is 8.34. The quantitative estimate of drug-likeness (QED) is 0.653. The van der Waals surface area contributed by atoms with Crippen LogP contribution in [0, 0.1) is 5.92 Å². The highest BCUT2D eigenvalue weighted by Crippen LogP contribution is 2.35. The fraction of sp³-hybridized carbons (Fsp3) is 1.00. The Morgan fingerprint density at radius 3 is 2.46 bits per heavy atom. The van der Waals surface area contributed by atoms with E-state index in [2.05, 4.69) is 10.2 Å². The molecule has 0 radical (unpaired) electrons. The fourth-order valence-corrected chi connectivity index (χ4v) is 3.50. The van der Waals surface area contributed by atoms with Crippen molar-refractivity contribution in [2.75, 3.05) is 19.6 Å². The first-order chi connectivity index (χ1) is 6.43. The van der Waals surface area contributed by atoms with Crippen molar-refractivity contribution < 1.29 is 0 Å². The molecule has 1 saturated carbocycles. The predicted octanol–water partition coefficient (Wildman–Crippen LogP) is 1.22. The molecule has 0 aromatic carbocycles. The molecular formula is C11H20N2. The van der Waals surface area contributed by atoms with Crippen molar-refractivity contribution in [3.05, 3.63) is 0 Å². The third kappa shape index (κ3) is 1.40. The average molecular weight is 180 g/mol. The van der Waals surface area contributed by atoms with Gasteiger partial charge in [-0.1, -0.05) is 6.42 Å². The molecule has 3 rings (SSSR count). The minimum atomic E-state index is 0.872. The zero-order chi connectivity index (χ0) is 8.67. The molecule has 2 nitrogen and oxygen atoms in total. The van der Waals surface area contributed by atoms with Crippen LogP contribution in [-0.2, 0) is 0 Å². The summed E-state index contributed by atoms with van der Waals surface area (Å²) in [6.45, 7) is 4.06. The molecule has 1 aliphatic carbocycles. The van der Waals surface area contributed by atoms with Crippen LogP contribution in [0.25, 0.3) is 0 Å². The Morgan fingerprint density at radius 1 is 1.00 bits per heavy atom. The molecule has 2 bridgehead atoms. The maximum Gasteiger partial charge on any atom is 0.0151 e. The standard InChI is InChI=1S/C11H20N2/c1-2-4-13(5-3-1)11-7-10-6-9(11)8-12-10/h9-12H,1-8H2. The van der Waals surface area contributed by atoms with Gasteiger partial charge in [-0.15, -0.1) is 0 Å². The van der Waals surface area contributed by atoms with Crippen LogP contribution in [0.2, 0.25) is 0 Å². The lowest BCUT2D eigenvalue weighted by Crippen LogP contribution is -2.46. The maximum atomic E-state index is 3.60. The van der Waals surface area contributed by atoms with Crippen LogP contribution in [0.1, 0.15) is 32.1 Å². The van der Waals surface area contributed by atoms with Gasteiger partial charge in [-0.05, 0) is 51.2 Å². The van der Waals surface area contributed by atoms with Gasteiger partial charge in [0, 0.05) is 12.1 Å². The minimum absolute atomic E-state index is 0.872. The molecule has 74 valence electrons. The molecule has 1 N–H and O–H groups in total. The summed E-state index contributed by atoms with van der Waals surface area (Å²) in [4.78, 5) is 2.77. The molecule has 0 amide bonds. The van der Waals surface area contributed by atoms with E-state index in [-0.39, 0.29) is 0 Å². The van der Waals surface area contributed by atoms with Crippen LogP contribution in [0.5, 0.6) is 0 Å². The third-order valence-electron chi connectivity index (χ3n) is 4.19. The Labute approximate surface area is 80.7 Å². The SMILES string of the molecule is C1CCN(C2CC3CC2CN3)CC1. The first-order valence-electron chi connectivity index (χ1n) is 5.91. The number of nitrogens with one attached hydrogen (secondary N) is 1. The first kappa shape index (κ1) is 8.25. The number of hydrogen-bond acceptors (Lipinski definition) is 2. The van der Waals surface area contributed by atoms with Crippen molar-refractivity contribution in [1.82, 2.24) is 10.2 Å². The topological polar surface area (TPSA) is 15.3 Å². The Bertz CT molecular complexity index is 187. The van der Waals surface area contributed by atoms with Crippen molar-refractivity contribution in [2.45, 2.75) is 44.2 Å². The average Bonchev–Trinajstić information content (AvgIpc) is 2.80. The van der Waals surface area contributed by atoms with Crippen molar-refractivity contribution in [1.29, 1.82) is 0 Å². The third-order valence-corrected chi connectivity index (χ3v) is 4.19. The summed E-state index contributed by atoms with van der Waals surface area (Å²) in [5.41, 5.74) is 0. The normalized spacial score (nSPS) is 45.7. The first-order valence-corrected chi connectivity index (χ1v) is 5.91. The van der Waals surface area contributed by atoms with Gasteiger partial charge in [0.25, 0.3) is 0 Å². The van der Waals surface area contributed by atoms with Gasteiger partial charge in [-0.2, -0.15) is 0 Å². The van der Waals surface area contributed by atoms with E-state index in [1.165, 1.54) is 51.7 Å². The highest BCUT2D eigenvalue weighted by Gasteiger charge is 2.42. The molecule has 13 heavy (non-hydrogen) atoms. The zero-order valence-electron chi connectivity index (χ0n) is 8.34. The summed E-state index contributed by atoms with van der Waals surface area (Å²) in [7, 11) is 0. The van der Waals surface area contributed by atoms with Crippen molar-refractivity contribution in [2.24, 2.45) is 5.92 Å². The lowest BCUT2D eigenvalue weighted by atomic mass is 9.99. The van der Waals surface area contributed by atoms with Gasteiger partial charge in [0.15, 0.2) is 0 Å². The summed E-state index contributed by atoms with van der Waals surface area (Å²) in [6, 6.07) is 1.82. The number of hydrogen-bond donors (Lipinski definition) is 1. The van der Waals surface area contributed by atoms with Gasteiger partial charge in [0.05, 0.1) is 0 Å². The lowest BCUT2D eigenvalue weighted by Gasteiger charge is -2.37. The van der Waals surface area contributed by atoms with Crippen LogP contribution in [-0.4, -0.2) is 36.6 Å². The summed E-state index contributed by atoms with van der Waals surface area (Å²) >= 11 is 0. The second-order valence-corrected chi connectivity index (χ2v) is 5.00. The molecule has 3 atom stereocenters. The molecule has 0 aromatic rings. The van der Waals surface area contributed by atoms with E-state index in [4.69, 9.17) is 0 Å². The smallest absolute Gasteiger partial charge is 0.0151 e. The number of rotatable bonds is 1. The molecule has 2 heterocycles. The van der Waals surface area contributed by atoms with Crippen LogP contribution in [0.15, 0.2) is 0 Å². The number of piperidine rings is 2. The highest BCUT2D eigenvalue weighted by molar-refractivity contribution is 5.00. The van der Waals surface area contributed by atoms with Gasteiger partial charge in [0.2, 0.25) is 0 Å². The molecule has 0 aromatic heterocycles. The Kier molecular flexibility index (Phi) is 2.06. The molecule has 3 unspecified atom stereocenters. The Hall–Kier alpha value is -0.0800. The van der Waals surface area contributed by atoms with Crippen molar-refractivity contribution in [3.63, 3.8) is 0 Å². The van der Waals surface area contributed by atoms with Crippen molar-refractivity contribution >= 4 is 0 Å². The second-order valence-electron chi connectivity index (χ2n) is 5.00. The molecular weight excluding hydrogens is 160 g/mol. The molecule has 2 saturated heterocycles. The summed E-state index contributed by atoms with van der Waals surface area (Å²) in [5, 5.41) is 3.60. The summed E-state index contributed by atoms with van der Waals surface area (Å²) in [5.74, 6) is 0.989. The van der Waals surface area contributed by atoms with Crippen molar-refractivity contribution in [3.8, 4) is 0 Å². The highest BCUT2D eigenvalue weighted by atomic mass is 15.2. The Balaban J connectivity index is 1.65. The summed E-state index contributed by atoms with van der Waals surface area (Å²) < 4.78 is 0. The maximum absolute atomic E-state index is 3.60. The minimum Gasteiger partial charge on any atom is -0.314 e. The van der Waals surface area contributed by atoms with E-state index >= 15 is 0 Å². The largest absolute Gasteiger partial charge is 0.314 e. The Morgan fingerprint density at radius 2 is 1.85 bits per heavy atom. The molecule has 2 aliphatic heterocycles. The van der Waals surface area contributed by atoms with Gasteiger partial charge in [-0.3, -0.25) is 0 Å². The summed E-state index contributed by atoms with van der Waals surface area (Å²) in [6.07, 6.45) is 7.25. The van der Waals surface area contributed by atoms with Crippen LogP contribution < -0.4 is 5.32 Å². The van der Waals surface area contributed by atoms with E-state index < -0.39 is 0 Å². The molecule has 3 fully saturated rings. The van der Waals surface area contributed by atoms with E-state index in [9.17, 15) is 0 Å². The number of likely N-dealkylation sites (tertiary alicyclic amines) is 1. The van der Waals surface area contributed by atoms with Gasteiger partial charge in [0.1, 0.15) is 0 Å². The predicted molar refractivity (Wildman–Crippen MR) is 53.7 cm³/mol. The van der Waals surface area contributed by atoms with E-state index in [0.29, 0.717) is 0 Å². The van der Waals surface area contributed by atoms with Gasteiger partial charge < -0.3 is 10.2 Å². The van der Waals surface area contributed by atoms with Crippen LogP contribution in [0.3, 0.4) is 0 Å². The monoisotopic (exact) mass is 180 g/mol. The second kappa shape index (κ2) is 3.25. The van der Waals surface area contributed by atoms with Gasteiger partial charge >= 0.3 is 0 Å². The van der Waals surface area contributed by atoms with E-state index in [1.807, 2.05) is 0 Å². The van der Waals surface area contributed by atoms with E-state index in [1.54, 1.807) is 0 Å². The van der Waals surface area contributed by atoms with E-state index in [0.717, 1.165) is 18.0 Å². The number of nitrogens with zero attached hydrogens (tertiary/aromatic N) is 1. The van der Waals surface area contributed by atoms with Crippen LogP contribution >= 0.6 is 0 Å². The van der Waals surface area contributed by atoms with Gasteiger partial charge in [-0.25, -0.2) is 0 Å². The fourth-order valence-electron chi connectivity index (χ4n) is 3.50. The number of fused-ring (bicyclic) bond motifs is 2. The molecule has 3 aliphatic rings. The molecule has 0 spiro atoms. The van der Waals surface area contributed by atoms with Crippen LogP contribution in [0.4, 0.5) is 0 Å².